The molecule has 0 saturated carbocycles. The van der Waals surface area contributed by atoms with Crippen LogP contribution in [-0.2, 0) is 11.3 Å². The van der Waals surface area contributed by atoms with Crippen molar-refractivity contribution in [3.63, 3.8) is 0 Å². The first-order valence-electron chi connectivity index (χ1n) is 7.83. The summed E-state index contributed by atoms with van der Waals surface area (Å²) in [5.41, 5.74) is -1.39. The molecule has 0 aromatic carbocycles. The Morgan fingerprint density at radius 1 is 1.33 bits per heavy atom. The van der Waals surface area contributed by atoms with E-state index in [2.05, 4.69) is 31.3 Å². The van der Waals surface area contributed by atoms with Gasteiger partial charge >= 0.3 is 11.8 Å². The maximum atomic E-state index is 13.2. The molecule has 2 heterocycles. The normalized spacial score (nSPS) is 11.2. The van der Waals surface area contributed by atoms with Crippen LogP contribution in [0.25, 0.3) is 5.69 Å². The van der Waals surface area contributed by atoms with Gasteiger partial charge in [0.1, 0.15) is 16.5 Å². The van der Waals surface area contributed by atoms with Gasteiger partial charge in [0.15, 0.2) is 0 Å². The SMILES string of the molecule is CC(C)(C)OC(=O)NCC(Cn1ncn(-c2ccc(Br)nc2)c1=O)=C(F)F. The van der Waals surface area contributed by atoms with E-state index in [9.17, 15) is 18.4 Å². The fraction of sp³-hybridized carbons (Fsp3) is 0.375. The van der Waals surface area contributed by atoms with Crippen molar-refractivity contribution in [3.8, 4) is 5.69 Å². The van der Waals surface area contributed by atoms with Crippen molar-refractivity contribution in [2.75, 3.05) is 6.54 Å². The molecule has 0 aliphatic heterocycles. The van der Waals surface area contributed by atoms with Crippen molar-refractivity contribution in [2.24, 2.45) is 0 Å². The molecule has 1 amide bonds. The van der Waals surface area contributed by atoms with E-state index >= 15 is 0 Å². The summed E-state index contributed by atoms with van der Waals surface area (Å²) in [5.74, 6) is 0. The van der Waals surface area contributed by atoms with Gasteiger partial charge in [-0.05, 0) is 48.8 Å². The first-order chi connectivity index (χ1) is 12.6. The molecule has 0 unspecified atom stereocenters. The average molecular weight is 446 g/mol. The molecule has 0 spiro atoms. The number of ether oxygens (including phenoxy) is 1. The summed E-state index contributed by atoms with van der Waals surface area (Å²) >= 11 is 3.18. The van der Waals surface area contributed by atoms with Gasteiger partial charge in [-0.15, -0.1) is 0 Å². The lowest BCUT2D eigenvalue weighted by molar-refractivity contribution is 0.0531. The van der Waals surface area contributed by atoms with E-state index < -0.39 is 42.1 Å². The smallest absolute Gasteiger partial charge is 0.407 e. The van der Waals surface area contributed by atoms with Gasteiger partial charge in [-0.3, -0.25) is 0 Å². The molecule has 2 rings (SSSR count). The van der Waals surface area contributed by atoms with Gasteiger partial charge in [0.05, 0.1) is 18.4 Å². The van der Waals surface area contributed by atoms with Crippen LogP contribution < -0.4 is 11.0 Å². The summed E-state index contributed by atoms with van der Waals surface area (Å²) in [6, 6.07) is 3.26. The Hall–Kier alpha value is -2.56. The van der Waals surface area contributed by atoms with Crippen LogP contribution in [0.4, 0.5) is 13.6 Å². The average Bonchev–Trinajstić information content (AvgIpc) is 2.91. The number of carbonyl (C=O) groups is 1. The highest BCUT2D eigenvalue weighted by Gasteiger charge is 2.18. The van der Waals surface area contributed by atoms with E-state index in [1.54, 1.807) is 32.9 Å². The van der Waals surface area contributed by atoms with Gasteiger partial charge in [0.2, 0.25) is 0 Å². The molecule has 11 heteroatoms. The third-order valence-electron chi connectivity index (χ3n) is 3.18. The second-order valence-corrected chi connectivity index (χ2v) is 7.31. The lowest BCUT2D eigenvalue weighted by Gasteiger charge is -2.19. The maximum Gasteiger partial charge on any atom is 0.407 e. The first-order valence-corrected chi connectivity index (χ1v) is 8.62. The Labute approximate surface area is 162 Å². The summed E-state index contributed by atoms with van der Waals surface area (Å²) in [6.45, 7) is 4.01. The number of alkyl carbamates (subject to hydrolysis) is 1. The topological polar surface area (TPSA) is 91.0 Å². The zero-order chi connectivity index (χ0) is 20.2. The number of amides is 1. The zero-order valence-corrected chi connectivity index (χ0v) is 16.5. The number of aromatic nitrogens is 4. The number of rotatable bonds is 5. The highest BCUT2D eigenvalue weighted by atomic mass is 79.9. The Morgan fingerprint density at radius 3 is 2.59 bits per heavy atom. The minimum atomic E-state index is -2.00. The van der Waals surface area contributed by atoms with Crippen molar-refractivity contribution in [2.45, 2.75) is 32.9 Å². The summed E-state index contributed by atoms with van der Waals surface area (Å²) in [5, 5.41) is 6.08. The van der Waals surface area contributed by atoms with Gasteiger partial charge in [-0.1, -0.05) is 0 Å². The quantitative estimate of drug-likeness (QED) is 0.714. The second kappa shape index (κ2) is 8.42. The third-order valence-corrected chi connectivity index (χ3v) is 3.65. The Bertz CT molecular complexity index is 896. The monoisotopic (exact) mass is 445 g/mol. The summed E-state index contributed by atoms with van der Waals surface area (Å²) < 4.78 is 34.0. The highest BCUT2D eigenvalue weighted by Crippen LogP contribution is 2.11. The largest absolute Gasteiger partial charge is 0.444 e. The van der Waals surface area contributed by atoms with Crippen molar-refractivity contribution >= 4 is 22.0 Å². The molecular formula is C16H18BrF2N5O3. The number of carbonyl (C=O) groups excluding carboxylic acids is 1. The van der Waals surface area contributed by atoms with Crippen LogP contribution in [-0.4, -0.2) is 37.6 Å². The van der Waals surface area contributed by atoms with Crippen molar-refractivity contribution in [1.29, 1.82) is 0 Å². The van der Waals surface area contributed by atoms with Crippen LogP contribution in [0.3, 0.4) is 0 Å². The van der Waals surface area contributed by atoms with Crippen LogP contribution in [0, 0.1) is 0 Å². The molecule has 27 heavy (non-hydrogen) atoms. The van der Waals surface area contributed by atoms with Gasteiger partial charge < -0.3 is 10.1 Å². The molecule has 1 N–H and O–H groups in total. The van der Waals surface area contributed by atoms with Gasteiger partial charge in [0.25, 0.3) is 6.08 Å². The lowest BCUT2D eigenvalue weighted by Crippen LogP contribution is -2.35. The molecule has 0 radical (unpaired) electrons. The number of pyridine rings is 1. The summed E-state index contributed by atoms with van der Waals surface area (Å²) in [4.78, 5) is 28.0. The van der Waals surface area contributed by atoms with E-state index in [1.165, 1.54) is 17.1 Å². The van der Waals surface area contributed by atoms with E-state index in [-0.39, 0.29) is 0 Å². The molecule has 146 valence electrons. The first kappa shape index (κ1) is 20.7. The standard InChI is InChI=1S/C16H18BrF2N5O3/c1-16(2,3)27-14(25)21-6-10(13(18)19)8-24-15(26)23(9-22-24)11-4-5-12(17)20-7-11/h4-5,7,9H,6,8H2,1-3H3,(H,21,25). The number of nitrogens with zero attached hydrogens (tertiary/aromatic N) is 4. The fourth-order valence-electron chi connectivity index (χ4n) is 1.99. The number of nitrogens with one attached hydrogen (secondary N) is 1. The van der Waals surface area contributed by atoms with Crippen LogP contribution in [0.15, 0.2) is 45.7 Å². The van der Waals surface area contributed by atoms with Crippen molar-refractivity contribution in [1.82, 2.24) is 24.6 Å². The molecule has 8 nitrogen and oxygen atoms in total. The highest BCUT2D eigenvalue weighted by molar-refractivity contribution is 9.10. The van der Waals surface area contributed by atoms with Crippen LogP contribution in [0.2, 0.25) is 0 Å². The van der Waals surface area contributed by atoms with Crippen LogP contribution in [0.5, 0.6) is 0 Å². The number of halogens is 3. The minimum absolute atomic E-state index is 0.438. The maximum absolute atomic E-state index is 13.2. The predicted molar refractivity (Wildman–Crippen MR) is 96.8 cm³/mol. The molecule has 2 aromatic heterocycles. The summed E-state index contributed by atoms with van der Waals surface area (Å²) in [7, 11) is 0. The van der Waals surface area contributed by atoms with Gasteiger partial charge in [-0.2, -0.15) is 13.9 Å². The Balaban J connectivity index is 2.12. The molecular weight excluding hydrogens is 428 g/mol. The third kappa shape index (κ3) is 5.98. The Morgan fingerprint density at radius 2 is 2.04 bits per heavy atom. The van der Waals surface area contributed by atoms with Crippen LogP contribution in [0.1, 0.15) is 20.8 Å². The van der Waals surface area contributed by atoms with Crippen molar-refractivity contribution in [3.05, 3.63) is 51.4 Å². The second-order valence-electron chi connectivity index (χ2n) is 6.50. The lowest BCUT2D eigenvalue weighted by atomic mass is 10.2. The molecule has 0 aliphatic carbocycles. The fourth-order valence-corrected chi connectivity index (χ4v) is 2.22. The van der Waals surface area contributed by atoms with Crippen LogP contribution >= 0.6 is 15.9 Å². The van der Waals surface area contributed by atoms with Gasteiger partial charge in [0, 0.05) is 12.1 Å². The molecule has 0 bridgehead atoms. The van der Waals surface area contributed by atoms with Crippen molar-refractivity contribution < 1.29 is 18.3 Å². The van der Waals surface area contributed by atoms with E-state index in [0.717, 1.165) is 4.68 Å². The molecule has 0 atom stereocenters. The van der Waals surface area contributed by atoms with Gasteiger partial charge in [-0.25, -0.2) is 23.8 Å². The minimum Gasteiger partial charge on any atom is -0.444 e. The number of hydrogen-bond acceptors (Lipinski definition) is 5. The van der Waals surface area contributed by atoms with E-state index in [0.29, 0.717) is 10.3 Å². The zero-order valence-electron chi connectivity index (χ0n) is 14.9. The predicted octanol–water partition coefficient (Wildman–Crippen LogP) is 2.87. The molecule has 2 aromatic rings. The molecule has 0 fully saturated rings. The molecule has 0 aliphatic rings. The molecule has 0 saturated heterocycles. The van der Waals surface area contributed by atoms with E-state index in [1.807, 2.05) is 0 Å². The van der Waals surface area contributed by atoms with E-state index in [4.69, 9.17) is 4.74 Å². The summed E-state index contributed by atoms with van der Waals surface area (Å²) in [6.07, 6.45) is -0.186. The Kier molecular flexibility index (Phi) is 6.47. The number of hydrogen-bond donors (Lipinski definition) is 1.